The first-order valence-corrected chi connectivity index (χ1v) is 8.33. The average molecular weight is 330 g/mol. The van der Waals surface area contributed by atoms with Gasteiger partial charge in [0.15, 0.2) is 0 Å². The lowest BCUT2D eigenvalue weighted by atomic mass is 10.1. The van der Waals surface area contributed by atoms with Gasteiger partial charge in [-0.15, -0.1) is 11.6 Å². The lowest BCUT2D eigenvalue weighted by Gasteiger charge is -2.19. The molecule has 0 spiro atoms. The Morgan fingerprint density at radius 3 is 2.48 bits per heavy atom. The monoisotopic (exact) mass is 329 g/mol. The highest BCUT2D eigenvalue weighted by Crippen LogP contribution is 2.24. The SMILES string of the molecule is O=C(O[C@H]1CCN(C[C@@H](Cl)c2ccccc2)C1)c1ccccc1. The average Bonchev–Trinajstić information content (AvgIpc) is 3.03. The van der Waals surface area contributed by atoms with E-state index >= 15 is 0 Å². The first kappa shape index (κ1) is 16.0. The van der Waals surface area contributed by atoms with Crippen LogP contribution in [0.15, 0.2) is 60.7 Å². The maximum atomic E-state index is 12.1. The summed E-state index contributed by atoms with van der Waals surface area (Å²) in [5.74, 6) is -0.247. The number of carbonyl (C=O) groups is 1. The van der Waals surface area contributed by atoms with Crippen LogP contribution in [-0.4, -0.2) is 36.6 Å². The fourth-order valence-corrected chi connectivity index (χ4v) is 3.19. The Labute approximate surface area is 141 Å². The van der Waals surface area contributed by atoms with Gasteiger partial charge in [-0.3, -0.25) is 4.90 Å². The van der Waals surface area contributed by atoms with Crippen molar-refractivity contribution in [3.8, 4) is 0 Å². The third-order valence-electron chi connectivity index (χ3n) is 4.09. The minimum absolute atomic E-state index is 0.0419. The van der Waals surface area contributed by atoms with Crippen molar-refractivity contribution in [3.05, 3.63) is 71.8 Å². The van der Waals surface area contributed by atoms with Crippen LogP contribution in [0.3, 0.4) is 0 Å². The predicted molar refractivity (Wildman–Crippen MR) is 91.7 cm³/mol. The Bertz CT molecular complexity index is 632. The zero-order valence-corrected chi connectivity index (χ0v) is 13.7. The van der Waals surface area contributed by atoms with Gasteiger partial charge in [0, 0.05) is 19.6 Å². The van der Waals surface area contributed by atoms with E-state index in [4.69, 9.17) is 16.3 Å². The van der Waals surface area contributed by atoms with Crippen molar-refractivity contribution in [2.45, 2.75) is 17.9 Å². The molecule has 1 heterocycles. The van der Waals surface area contributed by atoms with Crippen LogP contribution in [0, 0.1) is 0 Å². The second kappa shape index (κ2) is 7.62. The quantitative estimate of drug-likeness (QED) is 0.615. The summed E-state index contributed by atoms with van der Waals surface area (Å²) < 4.78 is 5.59. The Balaban J connectivity index is 1.50. The lowest BCUT2D eigenvalue weighted by Crippen LogP contribution is -2.27. The molecule has 120 valence electrons. The van der Waals surface area contributed by atoms with Gasteiger partial charge >= 0.3 is 5.97 Å². The second-order valence-electron chi connectivity index (χ2n) is 5.82. The lowest BCUT2D eigenvalue weighted by molar-refractivity contribution is 0.0322. The van der Waals surface area contributed by atoms with Crippen molar-refractivity contribution in [1.29, 1.82) is 0 Å². The molecule has 0 radical (unpaired) electrons. The van der Waals surface area contributed by atoms with Crippen LogP contribution in [-0.2, 0) is 4.74 Å². The standard InChI is InChI=1S/C19H20ClNO2/c20-18(15-7-3-1-4-8-15)14-21-12-11-17(13-21)23-19(22)16-9-5-2-6-10-16/h1-10,17-18H,11-14H2/t17-,18+/m0/s1. The molecule has 0 saturated carbocycles. The summed E-state index contributed by atoms with van der Waals surface area (Å²) in [5.41, 5.74) is 1.73. The maximum absolute atomic E-state index is 12.1. The number of alkyl halides is 1. The van der Waals surface area contributed by atoms with Crippen LogP contribution in [0.2, 0.25) is 0 Å². The maximum Gasteiger partial charge on any atom is 0.338 e. The molecule has 0 N–H and O–H groups in total. The summed E-state index contributed by atoms with van der Waals surface area (Å²) in [4.78, 5) is 14.3. The molecule has 3 nitrogen and oxygen atoms in total. The molecule has 0 aliphatic carbocycles. The number of rotatable bonds is 5. The smallest absolute Gasteiger partial charge is 0.338 e. The number of ether oxygens (including phenoxy) is 1. The van der Waals surface area contributed by atoms with Gasteiger partial charge in [-0.2, -0.15) is 0 Å². The number of hydrogen-bond donors (Lipinski definition) is 0. The van der Waals surface area contributed by atoms with Crippen LogP contribution in [0.1, 0.15) is 27.7 Å². The molecule has 2 aromatic carbocycles. The van der Waals surface area contributed by atoms with E-state index in [1.165, 1.54) is 0 Å². The van der Waals surface area contributed by atoms with Crippen LogP contribution < -0.4 is 0 Å². The summed E-state index contributed by atoms with van der Waals surface area (Å²) in [7, 11) is 0. The summed E-state index contributed by atoms with van der Waals surface area (Å²) in [6, 6.07) is 19.2. The van der Waals surface area contributed by atoms with Gasteiger partial charge in [0.05, 0.1) is 10.9 Å². The van der Waals surface area contributed by atoms with Crippen molar-refractivity contribution >= 4 is 17.6 Å². The number of hydrogen-bond acceptors (Lipinski definition) is 3. The van der Waals surface area contributed by atoms with Crippen molar-refractivity contribution in [1.82, 2.24) is 4.90 Å². The number of benzene rings is 2. The normalized spacial score (nSPS) is 19.4. The molecule has 1 saturated heterocycles. The van der Waals surface area contributed by atoms with Crippen LogP contribution in [0.25, 0.3) is 0 Å². The Morgan fingerprint density at radius 1 is 1.13 bits per heavy atom. The molecule has 1 aliphatic heterocycles. The number of nitrogens with zero attached hydrogens (tertiary/aromatic N) is 1. The van der Waals surface area contributed by atoms with E-state index in [0.717, 1.165) is 31.6 Å². The zero-order valence-electron chi connectivity index (χ0n) is 12.9. The topological polar surface area (TPSA) is 29.5 Å². The van der Waals surface area contributed by atoms with Crippen LogP contribution in [0.5, 0.6) is 0 Å². The first-order chi connectivity index (χ1) is 11.2. The summed E-state index contributed by atoms with van der Waals surface area (Å²) in [5, 5.41) is -0.0419. The van der Waals surface area contributed by atoms with E-state index in [1.54, 1.807) is 12.1 Å². The highest BCUT2D eigenvalue weighted by atomic mass is 35.5. The third kappa shape index (κ3) is 4.34. The van der Waals surface area contributed by atoms with Gasteiger partial charge in [0.1, 0.15) is 6.10 Å². The molecule has 0 bridgehead atoms. The molecule has 0 aromatic heterocycles. The molecule has 3 rings (SSSR count). The van der Waals surface area contributed by atoms with Crippen molar-refractivity contribution in [2.75, 3.05) is 19.6 Å². The number of halogens is 1. The molecule has 1 fully saturated rings. The number of likely N-dealkylation sites (tertiary alicyclic amines) is 1. The van der Waals surface area contributed by atoms with Gasteiger partial charge in [-0.05, 0) is 24.1 Å². The van der Waals surface area contributed by atoms with Gasteiger partial charge in [-0.1, -0.05) is 48.5 Å². The Morgan fingerprint density at radius 2 is 1.78 bits per heavy atom. The summed E-state index contributed by atoms with van der Waals surface area (Å²) >= 11 is 6.49. The zero-order chi connectivity index (χ0) is 16.1. The summed E-state index contributed by atoms with van der Waals surface area (Å²) in [6.45, 7) is 2.42. The highest BCUT2D eigenvalue weighted by molar-refractivity contribution is 6.21. The largest absolute Gasteiger partial charge is 0.457 e. The minimum Gasteiger partial charge on any atom is -0.457 e. The fraction of sp³-hybridized carbons (Fsp3) is 0.316. The molecule has 2 aromatic rings. The van der Waals surface area contributed by atoms with E-state index in [1.807, 2.05) is 48.5 Å². The summed E-state index contributed by atoms with van der Waals surface area (Å²) in [6.07, 6.45) is 0.805. The van der Waals surface area contributed by atoms with E-state index in [-0.39, 0.29) is 17.5 Å². The van der Waals surface area contributed by atoms with E-state index in [9.17, 15) is 4.79 Å². The first-order valence-electron chi connectivity index (χ1n) is 7.90. The van der Waals surface area contributed by atoms with Gasteiger partial charge in [-0.25, -0.2) is 4.79 Å². The molecule has 4 heteroatoms. The van der Waals surface area contributed by atoms with Crippen LogP contribution in [0.4, 0.5) is 0 Å². The molecular formula is C19H20ClNO2. The van der Waals surface area contributed by atoms with E-state index in [2.05, 4.69) is 4.90 Å². The van der Waals surface area contributed by atoms with Crippen molar-refractivity contribution in [2.24, 2.45) is 0 Å². The Hall–Kier alpha value is -1.84. The van der Waals surface area contributed by atoms with Gasteiger partial charge in [0.25, 0.3) is 0 Å². The predicted octanol–water partition coefficient (Wildman–Crippen LogP) is 3.90. The molecule has 1 aliphatic rings. The Kier molecular flexibility index (Phi) is 5.31. The molecular weight excluding hydrogens is 310 g/mol. The van der Waals surface area contributed by atoms with Crippen LogP contribution >= 0.6 is 11.6 Å². The minimum atomic E-state index is -0.247. The fourth-order valence-electron chi connectivity index (χ4n) is 2.85. The second-order valence-corrected chi connectivity index (χ2v) is 6.35. The molecule has 0 amide bonds. The number of carbonyl (C=O) groups excluding carboxylic acids is 1. The van der Waals surface area contributed by atoms with E-state index < -0.39 is 0 Å². The van der Waals surface area contributed by atoms with Crippen molar-refractivity contribution < 1.29 is 9.53 Å². The highest BCUT2D eigenvalue weighted by Gasteiger charge is 2.27. The molecule has 2 atom stereocenters. The van der Waals surface area contributed by atoms with E-state index in [0.29, 0.717) is 5.56 Å². The third-order valence-corrected chi connectivity index (χ3v) is 4.48. The molecule has 0 unspecified atom stereocenters. The van der Waals surface area contributed by atoms with Crippen molar-refractivity contribution in [3.63, 3.8) is 0 Å². The van der Waals surface area contributed by atoms with Gasteiger partial charge < -0.3 is 4.74 Å². The number of esters is 1. The van der Waals surface area contributed by atoms with Gasteiger partial charge in [0.2, 0.25) is 0 Å². The molecule has 23 heavy (non-hydrogen) atoms.